The smallest absolute Gasteiger partial charge is 0.380 e. The Labute approximate surface area is 194 Å². The van der Waals surface area contributed by atoms with Gasteiger partial charge in [0.25, 0.3) is 5.91 Å². The second-order valence-corrected chi connectivity index (χ2v) is 8.08. The highest BCUT2D eigenvalue weighted by atomic mass is 19.4. The maximum absolute atomic E-state index is 13.0. The minimum atomic E-state index is -4.49. The number of hydrogen-bond acceptors (Lipinski definition) is 6. The SMILES string of the molecule is O=C(Nc1cccc(C(F)(F)F)c1)c1cccc(-c2nc3c(c(N4CCOCC4)n2)NCC3)c1. The summed E-state index contributed by atoms with van der Waals surface area (Å²) < 4.78 is 44.4. The number of benzene rings is 2. The lowest BCUT2D eigenvalue weighted by Gasteiger charge is -2.29. The first-order valence-electron chi connectivity index (χ1n) is 10.9. The molecule has 7 nitrogen and oxygen atoms in total. The maximum atomic E-state index is 13.0. The molecule has 3 heterocycles. The van der Waals surface area contributed by atoms with Crippen LogP contribution in [0, 0.1) is 0 Å². The van der Waals surface area contributed by atoms with Crippen LogP contribution in [0.1, 0.15) is 21.6 Å². The highest BCUT2D eigenvalue weighted by molar-refractivity contribution is 6.05. The molecule has 2 N–H and O–H groups in total. The fraction of sp³-hybridized carbons (Fsp3) is 0.292. The van der Waals surface area contributed by atoms with E-state index >= 15 is 0 Å². The Morgan fingerprint density at radius 1 is 1.06 bits per heavy atom. The Morgan fingerprint density at radius 3 is 2.65 bits per heavy atom. The summed E-state index contributed by atoms with van der Waals surface area (Å²) in [7, 11) is 0. The first-order valence-corrected chi connectivity index (χ1v) is 10.9. The van der Waals surface area contributed by atoms with Gasteiger partial charge in [-0.1, -0.05) is 18.2 Å². The van der Waals surface area contributed by atoms with Crippen molar-refractivity contribution < 1.29 is 22.7 Å². The topological polar surface area (TPSA) is 79.4 Å². The van der Waals surface area contributed by atoms with E-state index in [-0.39, 0.29) is 5.69 Å². The van der Waals surface area contributed by atoms with E-state index in [1.54, 1.807) is 18.2 Å². The molecular weight excluding hydrogens is 447 g/mol. The zero-order chi connectivity index (χ0) is 23.7. The number of aromatic nitrogens is 2. The number of ether oxygens (including phenoxy) is 1. The number of anilines is 3. The van der Waals surface area contributed by atoms with E-state index in [0.717, 1.165) is 55.4 Å². The van der Waals surface area contributed by atoms with Gasteiger partial charge in [0, 0.05) is 42.9 Å². The number of amides is 1. The third kappa shape index (κ3) is 4.54. The van der Waals surface area contributed by atoms with Gasteiger partial charge in [-0.25, -0.2) is 9.97 Å². The molecule has 3 aromatic rings. The second kappa shape index (κ2) is 8.94. The average Bonchev–Trinajstić information content (AvgIpc) is 3.32. The van der Waals surface area contributed by atoms with Crippen molar-refractivity contribution in [2.45, 2.75) is 12.6 Å². The molecule has 1 saturated heterocycles. The molecule has 10 heteroatoms. The number of nitrogens with one attached hydrogen (secondary N) is 2. The van der Waals surface area contributed by atoms with Crippen LogP contribution in [0.3, 0.4) is 0 Å². The van der Waals surface area contributed by atoms with Crippen LogP contribution in [0.15, 0.2) is 48.5 Å². The number of fused-ring (bicyclic) bond motifs is 1. The van der Waals surface area contributed by atoms with E-state index in [1.807, 2.05) is 6.07 Å². The molecule has 0 saturated carbocycles. The lowest BCUT2D eigenvalue weighted by molar-refractivity contribution is -0.137. The van der Waals surface area contributed by atoms with Crippen LogP contribution < -0.4 is 15.5 Å². The van der Waals surface area contributed by atoms with Crippen molar-refractivity contribution in [3.63, 3.8) is 0 Å². The van der Waals surface area contributed by atoms with Gasteiger partial charge in [0.1, 0.15) is 0 Å². The molecule has 2 aliphatic heterocycles. The summed E-state index contributed by atoms with van der Waals surface area (Å²) in [6, 6.07) is 11.3. The van der Waals surface area contributed by atoms with Gasteiger partial charge in [-0.3, -0.25) is 4.79 Å². The van der Waals surface area contributed by atoms with E-state index < -0.39 is 17.6 Å². The van der Waals surface area contributed by atoms with Crippen LogP contribution in [-0.4, -0.2) is 48.7 Å². The predicted molar refractivity (Wildman–Crippen MR) is 122 cm³/mol. The fourth-order valence-electron chi connectivity index (χ4n) is 4.07. The highest BCUT2D eigenvalue weighted by Crippen LogP contribution is 2.34. The first kappa shape index (κ1) is 22.1. The molecule has 1 aromatic heterocycles. The monoisotopic (exact) mass is 469 g/mol. The van der Waals surface area contributed by atoms with E-state index in [4.69, 9.17) is 14.7 Å². The largest absolute Gasteiger partial charge is 0.416 e. The highest BCUT2D eigenvalue weighted by Gasteiger charge is 2.30. The average molecular weight is 469 g/mol. The van der Waals surface area contributed by atoms with Crippen molar-refractivity contribution in [2.75, 3.05) is 48.4 Å². The van der Waals surface area contributed by atoms with Gasteiger partial charge >= 0.3 is 6.18 Å². The van der Waals surface area contributed by atoms with Crippen molar-refractivity contribution in [1.82, 2.24) is 9.97 Å². The van der Waals surface area contributed by atoms with Crippen LogP contribution in [-0.2, 0) is 17.3 Å². The molecular formula is C24H22F3N5O2. The third-order valence-electron chi connectivity index (χ3n) is 5.77. The number of alkyl halides is 3. The van der Waals surface area contributed by atoms with E-state index in [0.29, 0.717) is 30.2 Å². The molecule has 34 heavy (non-hydrogen) atoms. The van der Waals surface area contributed by atoms with Gasteiger partial charge in [-0.15, -0.1) is 0 Å². The Morgan fingerprint density at radius 2 is 1.85 bits per heavy atom. The summed E-state index contributed by atoms with van der Waals surface area (Å²) in [5, 5.41) is 5.91. The van der Waals surface area contributed by atoms with Gasteiger partial charge in [-0.2, -0.15) is 13.2 Å². The minimum absolute atomic E-state index is 0.0692. The number of hydrogen-bond donors (Lipinski definition) is 2. The van der Waals surface area contributed by atoms with Crippen molar-refractivity contribution in [1.29, 1.82) is 0 Å². The summed E-state index contributed by atoms with van der Waals surface area (Å²) >= 11 is 0. The molecule has 0 atom stereocenters. The van der Waals surface area contributed by atoms with Gasteiger partial charge < -0.3 is 20.3 Å². The summed E-state index contributed by atoms with van der Waals surface area (Å²) in [6.45, 7) is 3.48. The summed E-state index contributed by atoms with van der Waals surface area (Å²) in [5.41, 5.74) is 2.05. The van der Waals surface area contributed by atoms with E-state index in [1.165, 1.54) is 12.1 Å². The van der Waals surface area contributed by atoms with Crippen LogP contribution >= 0.6 is 0 Å². The Bertz CT molecular complexity index is 1230. The number of carbonyl (C=O) groups is 1. The van der Waals surface area contributed by atoms with Gasteiger partial charge in [0.2, 0.25) is 0 Å². The normalized spacial score (nSPS) is 15.6. The van der Waals surface area contributed by atoms with E-state index in [2.05, 4.69) is 15.5 Å². The minimum Gasteiger partial charge on any atom is -0.380 e. The molecule has 0 bridgehead atoms. The van der Waals surface area contributed by atoms with Crippen molar-refractivity contribution >= 4 is 23.1 Å². The second-order valence-electron chi connectivity index (χ2n) is 8.08. The third-order valence-corrected chi connectivity index (χ3v) is 5.77. The number of halogens is 3. The van der Waals surface area contributed by atoms with Crippen molar-refractivity contribution in [3.8, 4) is 11.4 Å². The number of carbonyl (C=O) groups excluding carboxylic acids is 1. The van der Waals surface area contributed by atoms with Crippen molar-refractivity contribution in [2.24, 2.45) is 0 Å². The van der Waals surface area contributed by atoms with Gasteiger partial charge in [0.15, 0.2) is 11.6 Å². The zero-order valence-electron chi connectivity index (χ0n) is 18.2. The van der Waals surface area contributed by atoms with Crippen LogP contribution in [0.4, 0.5) is 30.4 Å². The molecule has 1 amide bonds. The van der Waals surface area contributed by atoms with Crippen molar-refractivity contribution in [3.05, 3.63) is 65.4 Å². The Kier molecular flexibility index (Phi) is 5.82. The molecule has 0 unspecified atom stereocenters. The standard InChI is InChI=1S/C24H22F3N5O2/c25-24(26,27)17-5-2-6-18(14-17)29-23(33)16-4-1-3-15(13-16)21-30-19-7-8-28-20(19)22(31-21)32-9-11-34-12-10-32/h1-6,13-14,28H,7-12H2,(H,29,33). The molecule has 0 aliphatic carbocycles. The summed E-state index contributed by atoms with van der Waals surface area (Å²) in [5.74, 6) is 0.801. The van der Waals surface area contributed by atoms with Gasteiger partial charge in [-0.05, 0) is 30.3 Å². The molecule has 2 aliphatic rings. The lowest BCUT2D eigenvalue weighted by atomic mass is 10.1. The predicted octanol–water partition coefficient (Wildman–Crippen LogP) is 4.22. The number of nitrogens with zero attached hydrogens (tertiary/aromatic N) is 3. The molecule has 2 aromatic carbocycles. The molecule has 0 radical (unpaired) electrons. The van der Waals surface area contributed by atoms with Gasteiger partial charge in [0.05, 0.1) is 30.2 Å². The summed E-state index contributed by atoms with van der Waals surface area (Å²) in [4.78, 5) is 24.5. The number of morpholine rings is 1. The van der Waals surface area contributed by atoms with E-state index in [9.17, 15) is 18.0 Å². The molecule has 1 fully saturated rings. The molecule has 0 spiro atoms. The maximum Gasteiger partial charge on any atom is 0.416 e. The number of rotatable bonds is 4. The molecule has 176 valence electrons. The fourth-order valence-corrected chi connectivity index (χ4v) is 4.07. The van der Waals surface area contributed by atoms with Crippen LogP contribution in [0.5, 0.6) is 0 Å². The van der Waals surface area contributed by atoms with Crippen LogP contribution in [0.2, 0.25) is 0 Å². The summed E-state index contributed by atoms with van der Waals surface area (Å²) in [6.07, 6.45) is -3.71. The lowest BCUT2D eigenvalue weighted by Crippen LogP contribution is -2.37. The zero-order valence-corrected chi connectivity index (χ0v) is 18.2. The molecule has 5 rings (SSSR count). The van der Waals surface area contributed by atoms with Crippen LogP contribution in [0.25, 0.3) is 11.4 Å². The quantitative estimate of drug-likeness (QED) is 0.596. The first-order chi connectivity index (χ1) is 16.4. The Hall–Kier alpha value is -3.66. The Balaban J connectivity index is 1.43.